The van der Waals surface area contributed by atoms with Gasteiger partial charge < -0.3 is 10.2 Å². The Hall–Kier alpha value is -0.610. The summed E-state index contributed by atoms with van der Waals surface area (Å²) in [6, 6.07) is 0. The number of rotatable bonds is 8. The second-order valence-electron chi connectivity index (χ2n) is 3.87. The van der Waals surface area contributed by atoms with Crippen LogP contribution in [0.25, 0.3) is 0 Å². The predicted octanol–water partition coefficient (Wildman–Crippen LogP) is 2.88. The molecule has 0 radical (unpaired) electrons. The highest BCUT2D eigenvalue weighted by molar-refractivity contribution is 7.15. The summed E-state index contributed by atoms with van der Waals surface area (Å²) in [5.41, 5.74) is 0. The van der Waals surface area contributed by atoms with Crippen LogP contribution < -0.4 is 10.2 Å². The summed E-state index contributed by atoms with van der Waals surface area (Å²) in [5.74, 6) is 0. The Morgan fingerprint density at radius 3 is 2.75 bits per heavy atom. The minimum Gasteiger partial charge on any atom is -0.348 e. The lowest BCUT2D eigenvalue weighted by Crippen LogP contribution is -2.22. The van der Waals surface area contributed by atoms with Crippen LogP contribution in [-0.4, -0.2) is 24.6 Å². The van der Waals surface area contributed by atoms with Crippen molar-refractivity contribution >= 4 is 16.5 Å². The molecule has 0 atom stereocenters. The Bertz CT molecular complexity index is 286. The van der Waals surface area contributed by atoms with Crippen molar-refractivity contribution in [2.75, 3.05) is 24.5 Å². The molecule has 0 bridgehead atoms. The zero-order valence-corrected chi connectivity index (χ0v) is 11.4. The van der Waals surface area contributed by atoms with E-state index in [2.05, 4.69) is 36.0 Å². The van der Waals surface area contributed by atoms with Crippen molar-refractivity contribution in [3.8, 4) is 0 Å². The number of hydrogen-bond donors (Lipinski definition) is 1. The maximum Gasteiger partial charge on any atom is 0.185 e. The normalized spacial score (nSPS) is 10.7. The third-order valence-electron chi connectivity index (χ3n) is 2.41. The molecule has 0 aromatic carbocycles. The van der Waals surface area contributed by atoms with E-state index in [9.17, 15) is 0 Å². The van der Waals surface area contributed by atoms with Crippen LogP contribution >= 0.6 is 11.3 Å². The lowest BCUT2D eigenvalue weighted by molar-refractivity contribution is 0.681. The average Bonchev–Trinajstić information content (AvgIpc) is 2.75. The standard InChI is InChI=1S/C12H23N3S/c1-4-7-13-9-11-10-14-12(16-11)15(6-3)8-5-2/h10,13H,4-9H2,1-3H3. The second-order valence-corrected chi connectivity index (χ2v) is 4.96. The predicted molar refractivity (Wildman–Crippen MR) is 72.3 cm³/mol. The zero-order valence-electron chi connectivity index (χ0n) is 10.6. The first-order valence-corrected chi connectivity index (χ1v) is 7.03. The van der Waals surface area contributed by atoms with Crippen molar-refractivity contribution in [2.24, 2.45) is 0 Å². The molecule has 0 saturated heterocycles. The van der Waals surface area contributed by atoms with Gasteiger partial charge in [0.1, 0.15) is 0 Å². The van der Waals surface area contributed by atoms with Crippen LogP contribution in [0.15, 0.2) is 6.20 Å². The Morgan fingerprint density at radius 2 is 2.12 bits per heavy atom. The molecular formula is C12H23N3S. The van der Waals surface area contributed by atoms with Crippen LogP contribution in [0.5, 0.6) is 0 Å². The van der Waals surface area contributed by atoms with Crippen molar-refractivity contribution in [1.29, 1.82) is 0 Å². The Kier molecular flexibility index (Phi) is 6.42. The average molecular weight is 241 g/mol. The van der Waals surface area contributed by atoms with Crippen LogP contribution in [0, 0.1) is 0 Å². The van der Waals surface area contributed by atoms with Crippen LogP contribution in [0.1, 0.15) is 38.5 Å². The molecule has 1 N–H and O–H groups in total. The maximum absolute atomic E-state index is 4.49. The summed E-state index contributed by atoms with van der Waals surface area (Å²) in [5, 5.41) is 4.57. The van der Waals surface area contributed by atoms with Gasteiger partial charge in [-0.3, -0.25) is 0 Å². The van der Waals surface area contributed by atoms with Gasteiger partial charge in [-0.1, -0.05) is 13.8 Å². The number of nitrogens with one attached hydrogen (secondary N) is 1. The van der Waals surface area contributed by atoms with E-state index >= 15 is 0 Å². The first-order chi connectivity index (χ1) is 7.81. The molecule has 3 nitrogen and oxygen atoms in total. The highest BCUT2D eigenvalue weighted by atomic mass is 32.1. The third kappa shape index (κ3) is 4.10. The third-order valence-corrected chi connectivity index (χ3v) is 3.47. The van der Waals surface area contributed by atoms with Gasteiger partial charge in [0.2, 0.25) is 0 Å². The fourth-order valence-corrected chi connectivity index (χ4v) is 2.54. The van der Waals surface area contributed by atoms with Crippen molar-refractivity contribution in [1.82, 2.24) is 10.3 Å². The van der Waals surface area contributed by atoms with E-state index in [-0.39, 0.29) is 0 Å². The molecule has 0 amide bonds. The summed E-state index contributed by atoms with van der Waals surface area (Å²) in [6.07, 6.45) is 4.36. The monoisotopic (exact) mass is 241 g/mol. The maximum atomic E-state index is 4.49. The van der Waals surface area contributed by atoms with E-state index in [1.807, 2.05) is 17.5 Å². The molecule has 16 heavy (non-hydrogen) atoms. The molecule has 1 aromatic rings. The van der Waals surface area contributed by atoms with Crippen molar-refractivity contribution in [3.05, 3.63) is 11.1 Å². The van der Waals surface area contributed by atoms with Crippen LogP contribution in [-0.2, 0) is 6.54 Å². The molecule has 0 saturated carbocycles. The highest BCUT2D eigenvalue weighted by Gasteiger charge is 2.07. The van der Waals surface area contributed by atoms with Gasteiger partial charge in [0.05, 0.1) is 0 Å². The number of anilines is 1. The summed E-state index contributed by atoms with van der Waals surface area (Å²) in [7, 11) is 0. The Balaban J connectivity index is 2.48. The molecule has 0 fully saturated rings. The van der Waals surface area contributed by atoms with Crippen molar-refractivity contribution in [2.45, 2.75) is 40.2 Å². The van der Waals surface area contributed by atoms with E-state index in [1.54, 1.807) is 0 Å². The molecule has 0 aliphatic rings. The lowest BCUT2D eigenvalue weighted by Gasteiger charge is -2.18. The van der Waals surface area contributed by atoms with Crippen LogP contribution in [0.2, 0.25) is 0 Å². The molecule has 92 valence electrons. The molecule has 0 aliphatic carbocycles. The van der Waals surface area contributed by atoms with Gasteiger partial charge in [0.25, 0.3) is 0 Å². The van der Waals surface area contributed by atoms with Gasteiger partial charge in [0.15, 0.2) is 5.13 Å². The summed E-state index contributed by atoms with van der Waals surface area (Å²) in [6.45, 7) is 10.8. The first kappa shape index (κ1) is 13.5. The van der Waals surface area contributed by atoms with Gasteiger partial charge in [-0.2, -0.15) is 0 Å². The molecule has 0 unspecified atom stereocenters. The fourth-order valence-electron chi connectivity index (χ4n) is 1.57. The van der Waals surface area contributed by atoms with Gasteiger partial charge in [0, 0.05) is 30.7 Å². The molecule has 1 aromatic heterocycles. The van der Waals surface area contributed by atoms with Crippen LogP contribution in [0.3, 0.4) is 0 Å². The summed E-state index contributed by atoms with van der Waals surface area (Å²) in [4.78, 5) is 8.16. The van der Waals surface area contributed by atoms with E-state index in [0.717, 1.165) is 31.3 Å². The number of hydrogen-bond acceptors (Lipinski definition) is 4. The SMILES string of the molecule is CCCNCc1cnc(N(CC)CCC)s1. The fraction of sp³-hybridized carbons (Fsp3) is 0.750. The summed E-state index contributed by atoms with van der Waals surface area (Å²) >= 11 is 1.81. The molecule has 1 heterocycles. The van der Waals surface area contributed by atoms with Gasteiger partial charge in [-0.05, 0) is 26.3 Å². The quantitative estimate of drug-likeness (QED) is 0.709. The molecule has 1 rings (SSSR count). The highest BCUT2D eigenvalue weighted by Crippen LogP contribution is 2.22. The number of nitrogens with zero attached hydrogens (tertiary/aromatic N) is 2. The van der Waals surface area contributed by atoms with E-state index in [4.69, 9.17) is 0 Å². The topological polar surface area (TPSA) is 28.2 Å². The van der Waals surface area contributed by atoms with E-state index < -0.39 is 0 Å². The molecule has 4 heteroatoms. The van der Waals surface area contributed by atoms with Crippen molar-refractivity contribution in [3.63, 3.8) is 0 Å². The molecule has 0 aliphatic heterocycles. The van der Waals surface area contributed by atoms with Crippen molar-refractivity contribution < 1.29 is 0 Å². The largest absolute Gasteiger partial charge is 0.348 e. The zero-order chi connectivity index (χ0) is 11.8. The van der Waals surface area contributed by atoms with Gasteiger partial charge in [-0.25, -0.2) is 4.98 Å². The lowest BCUT2D eigenvalue weighted by atomic mass is 10.4. The smallest absolute Gasteiger partial charge is 0.185 e. The second kappa shape index (κ2) is 7.63. The number of thiazole rings is 1. The van der Waals surface area contributed by atoms with Gasteiger partial charge in [-0.15, -0.1) is 11.3 Å². The molecule has 0 spiro atoms. The minimum absolute atomic E-state index is 0.954. The van der Waals surface area contributed by atoms with E-state index in [0.29, 0.717) is 0 Å². The Labute approximate surface area is 103 Å². The molecular weight excluding hydrogens is 218 g/mol. The van der Waals surface area contributed by atoms with Gasteiger partial charge >= 0.3 is 0 Å². The summed E-state index contributed by atoms with van der Waals surface area (Å²) < 4.78 is 0. The first-order valence-electron chi connectivity index (χ1n) is 6.22. The van der Waals surface area contributed by atoms with E-state index in [1.165, 1.54) is 17.7 Å². The number of aromatic nitrogens is 1. The van der Waals surface area contributed by atoms with Crippen LogP contribution in [0.4, 0.5) is 5.13 Å². The minimum atomic E-state index is 0.954. The Morgan fingerprint density at radius 1 is 1.31 bits per heavy atom.